The molecule has 0 bridgehead atoms. The van der Waals surface area contributed by atoms with Gasteiger partial charge in [0, 0.05) is 28.2 Å². The predicted molar refractivity (Wildman–Crippen MR) is 92.8 cm³/mol. The lowest BCUT2D eigenvalue weighted by Gasteiger charge is -2.12. The highest BCUT2D eigenvalue weighted by Crippen LogP contribution is 2.44. The molecule has 4 nitrogen and oxygen atoms in total. The first kappa shape index (κ1) is 15.6. The standard InChI is InChI=1S/C19H11FN2O2S/c20-15-3-1-2-13-12(5-4-10(7-21)17(13)15)14-9-22-8-11-6-16(19(23)24)25-18(11)14/h1-5,8-9,16H,6H2,(H,23,24). The number of hydrogen-bond acceptors (Lipinski definition) is 4. The third-order valence-corrected chi connectivity index (χ3v) is 5.68. The SMILES string of the molecule is N#Cc1ccc(-c2cncc3c2SC(C(=O)O)C3)c2cccc(F)c12. The molecule has 0 aliphatic carbocycles. The molecule has 0 radical (unpaired) electrons. The van der Waals surface area contributed by atoms with Gasteiger partial charge in [-0.25, -0.2) is 4.39 Å². The number of carboxylic acid groups (broad SMARTS) is 1. The maximum Gasteiger partial charge on any atom is 0.317 e. The van der Waals surface area contributed by atoms with Gasteiger partial charge < -0.3 is 5.11 Å². The summed E-state index contributed by atoms with van der Waals surface area (Å²) in [5.41, 5.74) is 2.67. The van der Waals surface area contributed by atoms with Gasteiger partial charge in [0.2, 0.25) is 0 Å². The highest BCUT2D eigenvalue weighted by molar-refractivity contribution is 8.01. The van der Waals surface area contributed by atoms with Crippen LogP contribution in [0.3, 0.4) is 0 Å². The van der Waals surface area contributed by atoms with Crippen molar-refractivity contribution in [3.05, 3.63) is 59.7 Å². The molecule has 1 unspecified atom stereocenters. The second-order valence-corrected chi connectivity index (χ2v) is 6.97. The molecule has 1 aromatic heterocycles. The van der Waals surface area contributed by atoms with Crippen LogP contribution in [0, 0.1) is 17.1 Å². The van der Waals surface area contributed by atoms with Crippen molar-refractivity contribution in [2.45, 2.75) is 16.6 Å². The molecule has 0 saturated heterocycles. The van der Waals surface area contributed by atoms with E-state index in [1.165, 1.54) is 17.8 Å². The molecule has 25 heavy (non-hydrogen) atoms. The molecule has 0 fully saturated rings. The molecule has 1 atom stereocenters. The van der Waals surface area contributed by atoms with E-state index >= 15 is 0 Å². The molecule has 1 N–H and O–H groups in total. The second-order valence-electron chi connectivity index (χ2n) is 5.76. The minimum Gasteiger partial charge on any atom is -0.480 e. The van der Waals surface area contributed by atoms with Gasteiger partial charge in [-0.15, -0.1) is 11.8 Å². The van der Waals surface area contributed by atoms with Crippen molar-refractivity contribution in [3.8, 4) is 17.2 Å². The summed E-state index contributed by atoms with van der Waals surface area (Å²) in [5, 5.41) is 18.9. The van der Waals surface area contributed by atoms with Gasteiger partial charge in [-0.2, -0.15) is 5.26 Å². The Kier molecular flexibility index (Phi) is 3.66. The van der Waals surface area contributed by atoms with Gasteiger partial charge in [-0.3, -0.25) is 9.78 Å². The van der Waals surface area contributed by atoms with E-state index in [0.717, 1.165) is 21.6 Å². The quantitative estimate of drug-likeness (QED) is 0.756. The Morgan fingerprint density at radius 3 is 2.88 bits per heavy atom. The van der Waals surface area contributed by atoms with Crippen molar-refractivity contribution in [1.29, 1.82) is 5.26 Å². The second kappa shape index (κ2) is 5.87. The largest absolute Gasteiger partial charge is 0.480 e. The maximum absolute atomic E-state index is 14.3. The summed E-state index contributed by atoms with van der Waals surface area (Å²) < 4.78 is 14.3. The molecular weight excluding hydrogens is 339 g/mol. The van der Waals surface area contributed by atoms with Crippen molar-refractivity contribution in [1.82, 2.24) is 4.98 Å². The Morgan fingerprint density at radius 1 is 1.28 bits per heavy atom. The molecule has 0 saturated carbocycles. The lowest BCUT2D eigenvalue weighted by atomic mass is 9.95. The van der Waals surface area contributed by atoms with Gasteiger partial charge >= 0.3 is 5.97 Å². The number of carboxylic acids is 1. The summed E-state index contributed by atoms with van der Waals surface area (Å²) >= 11 is 1.29. The van der Waals surface area contributed by atoms with Crippen LogP contribution in [0.25, 0.3) is 21.9 Å². The number of aliphatic carboxylic acids is 1. The molecule has 1 aliphatic rings. The van der Waals surface area contributed by atoms with Crippen LogP contribution in [-0.4, -0.2) is 21.3 Å². The number of aromatic nitrogens is 1. The number of thioether (sulfide) groups is 1. The number of fused-ring (bicyclic) bond motifs is 2. The summed E-state index contributed by atoms with van der Waals surface area (Å²) in [4.78, 5) is 16.4. The maximum atomic E-state index is 14.3. The molecule has 2 heterocycles. The highest BCUT2D eigenvalue weighted by Gasteiger charge is 2.30. The third kappa shape index (κ3) is 2.44. The normalized spacial score (nSPS) is 15.8. The van der Waals surface area contributed by atoms with Crippen LogP contribution in [0.5, 0.6) is 0 Å². The summed E-state index contributed by atoms with van der Waals surface area (Å²) in [7, 11) is 0. The van der Waals surface area contributed by atoms with Gasteiger partial charge in [0.15, 0.2) is 0 Å². The van der Waals surface area contributed by atoms with Crippen LogP contribution in [0.15, 0.2) is 47.6 Å². The summed E-state index contributed by atoms with van der Waals surface area (Å²) in [5.74, 6) is -1.31. The van der Waals surface area contributed by atoms with Crippen LogP contribution in [0.2, 0.25) is 0 Å². The van der Waals surface area contributed by atoms with Crippen molar-refractivity contribution in [2.75, 3.05) is 0 Å². The van der Waals surface area contributed by atoms with Gasteiger partial charge in [-0.05, 0) is 35.1 Å². The van der Waals surface area contributed by atoms with Gasteiger partial charge in [0.1, 0.15) is 11.1 Å². The fourth-order valence-corrected chi connectivity index (χ4v) is 4.41. The topological polar surface area (TPSA) is 74.0 Å². The van der Waals surface area contributed by atoms with E-state index in [1.54, 1.807) is 36.7 Å². The summed E-state index contributed by atoms with van der Waals surface area (Å²) in [6.45, 7) is 0. The van der Waals surface area contributed by atoms with Crippen LogP contribution in [0.1, 0.15) is 11.1 Å². The van der Waals surface area contributed by atoms with Crippen LogP contribution in [0.4, 0.5) is 4.39 Å². The zero-order chi connectivity index (χ0) is 17.6. The Morgan fingerprint density at radius 2 is 2.12 bits per heavy atom. The van der Waals surface area contributed by atoms with Crippen molar-refractivity contribution >= 4 is 28.5 Å². The number of nitriles is 1. The Bertz CT molecular complexity index is 1070. The third-order valence-electron chi connectivity index (χ3n) is 4.31. The van der Waals surface area contributed by atoms with Gasteiger partial charge in [-0.1, -0.05) is 18.2 Å². The summed E-state index contributed by atoms with van der Waals surface area (Å²) in [6, 6.07) is 10.1. The number of pyridine rings is 1. The number of hydrogen-bond donors (Lipinski definition) is 1. The molecule has 0 spiro atoms. The smallest absolute Gasteiger partial charge is 0.317 e. The minimum absolute atomic E-state index is 0.272. The first-order valence-electron chi connectivity index (χ1n) is 7.58. The fraction of sp³-hybridized carbons (Fsp3) is 0.105. The van der Waals surface area contributed by atoms with Crippen LogP contribution in [-0.2, 0) is 11.2 Å². The zero-order valence-electron chi connectivity index (χ0n) is 12.9. The molecule has 3 aromatic rings. The molecule has 6 heteroatoms. The Labute approximate surface area is 146 Å². The van der Waals surface area contributed by atoms with Crippen LogP contribution < -0.4 is 0 Å². The monoisotopic (exact) mass is 350 g/mol. The number of carbonyl (C=O) groups is 1. The molecule has 4 rings (SSSR count). The molecular formula is C19H11FN2O2S. The first-order valence-corrected chi connectivity index (χ1v) is 8.46. The number of rotatable bonds is 2. The fourth-order valence-electron chi connectivity index (χ4n) is 3.18. The molecule has 122 valence electrons. The Hall–Kier alpha value is -2.91. The average Bonchev–Trinajstić information content (AvgIpc) is 3.06. The number of halogens is 1. The van der Waals surface area contributed by atoms with E-state index in [0.29, 0.717) is 11.8 Å². The van der Waals surface area contributed by atoms with E-state index < -0.39 is 17.0 Å². The average molecular weight is 350 g/mol. The van der Waals surface area contributed by atoms with Crippen LogP contribution >= 0.6 is 11.8 Å². The van der Waals surface area contributed by atoms with Gasteiger partial charge in [0.25, 0.3) is 0 Å². The molecule has 1 aliphatic heterocycles. The number of benzene rings is 2. The van der Waals surface area contributed by atoms with Gasteiger partial charge in [0.05, 0.1) is 11.6 Å². The van der Waals surface area contributed by atoms with Crippen molar-refractivity contribution in [3.63, 3.8) is 0 Å². The van der Waals surface area contributed by atoms with E-state index in [1.807, 2.05) is 6.07 Å². The van der Waals surface area contributed by atoms with Crippen molar-refractivity contribution < 1.29 is 14.3 Å². The van der Waals surface area contributed by atoms with Crippen molar-refractivity contribution in [2.24, 2.45) is 0 Å². The van der Waals surface area contributed by atoms with E-state index in [2.05, 4.69) is 4.98 Å². The lowest BCUT2D eigenvalue weighted by Crippen LogP contribution is -2.14. The summed E-state index contributed by atoms with van der Waals surface area (Å²) in [6.07, 6.45) is 3.77. The first-order chi connectivity index (χ1) is 12.1. The van der Waals surface area contributed by atoms with E-state index in [9.17, 15) is 19.6 Å². The van der Waals surface area contributed by atoms with E-state index in [-0.39, 0.29) is 10.9 Å². The minimum atomic E-state index is -0.858. The molecule has 2 aromatic carbocycles. The lowest BCUT2D eigenvalue weighted by molar-refractivity contribution is -0.136. The Balaban J connectivity index is 1.98. The highest BCUT2D eigenvalue weighted by atomic mass is 32.2. The number of nitrogens with zero attached hydrogens (tertiary/aromatic N) is 2. The zero-order valence-corrected chi connectivity index (χ0v) is 13.7. The molecule has 0 amide bonds. The predicted octanol–water partition coefficient (Wildman–Crippen LogP) is 4.01. The van der Waals surface area contributed by atoms with E-state index in [4.69, 9.17) is 0 Å².